The first kappa shape index (κ1) is 13.7. The molecule has 14 heavy (non-hydrogen) atoms. The maximum absolute atomic E-state index is 6.08. The van der Waals surface area contributed by atoms with E-state index in [-0.39, 0.29) is 0 Å². The second kappa shape index (κ2) is 6.23. The highest BCUT2D eigenvalue weighted by molar-refractivity contribution is 4.76. The van der Waals surface area contributed by atoms with Crippen molar-refractivity contribution in [2.24, 2.45) is 17.1 Å². The van der Waals surface area contributed by atoms with Crippen molar-refractivity contribution >= 4 is 0 Å². The smallest absolute Gasteiger partial charge is 0.00416 e. The minimum absolute atomic E-state index is 0.365. The number of hydrogen-bond acceptors (Lipinski definition) is 1. The monoisotopic (exact) mass is 197 g/mol. The van der Waals surface area contributed by atoms with Gasteiger partial charge in [-0.15, -0.1) is 6.58 Å². The van der Waals surface area contributed by atoms with Gasteiger partial charge in [0, 0.05) is 6.04 Å². The van der Waals surface area contributed by atoms with E-state index in [0.29, 0.717) is 17.4 Å². The molecule has 0 fully saturated rings. The van der Waals surface area contributed by atoms with Gasteiger partial charge in [-0.1, -0.05) is 33.8 Å². The van der Waals surface area contributed by atoms with Crippen LogP contribution < -0.4 is 5.73 Å². The van der Waals surface area contributed by atoms with E-state index < -0.39 is 0 Å². The van der Waals surface area contributed by atoms with E-state index >= 15 is 0 Å². The lowest BCUT2D eigenvalue weighted by Crippen LogP contribution is -2.28. The van der Waals surface area contributed by atoms with Gasteiger partial charge in [0.2, 0.25) is 0 Å². The Labute approximate surface area is 89.8 Å². The van der Waals surface area contributed by atoms with Crippen molar-refractivity contribution < 1.29 is 0 Å². The topological polar surface area (TPSA) is 26.0 Å². The van der Waals surface area contributed by atoms with Crippen LogP contribution in [0.4, 0.5) is 0 Å². The first-order valence-electron chi connectivity index (χ1n) is 5.74. The molecule has 0 aliphatic rings. The summed E-state index contributed by atoms with van der Waals surface area (Å²) < 4.78 is 0. The van der Waals surface area contributed by atoms with Crippen molar-refractivity contribution in [3.63, 3.8) is 0 Å². The van der Waals surface area contributed by atoms with Gasteiger partial charge in [-0.3, -0.25) is 0 Å². The molecular weight excluding hydrogens is 170 g/mol. The zero-order chi connectivity index (χ0) is 11.2. The predicted molar refractivity (Wildman–Crippen MR) is 65.3 cm³/mol. The summed E-state index contributed by atoms with van der Waals surface area (Å²) in [5, 5.41) is 0. The third-order valence-electron chi connectivity index (χ3n) is 3.12. The van der Waals surface area contributed by atoms with Crippen LogP contribution in [0.15, 0.2) is 12.7 Å². The molecule has 0 saturated carbocycles. The van der Waals surface area contributed by atoms with Crippen LogP contribution in [-0.2, 0) is 0 Å². The van der Waals surface area contributed by atoms with Crippen molar-refractivity contribution in [2.75, 3.05) is 0 Å². The van der Waals surface area contributed by atoms with Crippen molar-refractivity contribution in [1.29, 1.82) is 0 Å². The molecule has 0 bridgehead atoms. The first-order valence-corrected chi connectivity index (χ1v) is 5.74. The average Bonchev–Trinajstić information content (AvgIpc) is 2.03. The van der Waals surface area contributed by atoms with Gasteiger partial charge < -0.3 is 5.73 Å². The third kappa shape index (κ3) is 6.20. The molecule has 0 amide bonds. The quantitative estimate of drug-likeness (QED) is 0.509. The van der Waals surface area contributed by atoms with E-state index in [4.69, 9.17) is 5.73 Å². The molecule has 1 nitrogen and oxygen atoms in total. The molecule has 2 atom stereocenters. The zero-order valence-electron chi connectivity index (χ0n) is 10.3. The molecule has 0 saturated heterocycles. The number of nitrogens with two attached hydrogens (primary N) is 1. The molecule has 84 valence electrons. The Hall–Kier alpha value is -0.300. The van der Waals surface area contributed by atoms with Gasteiger partial charge in [-0.2, -0.15) is 0 Å². The highest BCUT2D eigenvalue weighted by atomic mass is 14.6. The van der Waals surface area contributed by atoms with Crippen molar-refractivity contribution in [1.82, 2.24) is 0 Å². The summed E-state index contributed by atoms with van der Waals surface area (Å²) >= 11 is 0. The van der Waals surface area contributed by atoms with Crippen LogP contribution >= 0.6 is 0 Å². The van der Waals surface area contributed by atoms with Gasteiger partial charge in [-0.05, 0) is 37.0 Å². The molecule has 0 aromatic rings. The highest BCUT2D eigenvalue weighted by Gasteiger charge is 2.21. The van der Waals surface area contributed by atoms with E-state index in [2.05, 4.69) is 34.3 Å². The second-order valence-corrected chi connectivity index (χ2v) is 5.48. The first-order chi connectivity index (χ1) is 6.38. The van der Waals surface area contributed by atoms with Crippen molar-refractivity contribution in [2.45, 2.75) is 59.4 Å². The molecule has 0 aromatic heterocycles. The summed E-state index contributed by atoms with van der Waals surface area (Å²) in [6.07, 6.45) is 6.52. The maximum atomic E-state index is 6.08. The van der Waals surface area contributed by atoms with Crippen molar-refractivity contribution in [3.05, 3.63) is 12.7 Å². The fourth-order valence-electron chi connectivity index (χ4n) is 1.45. The molecule has 0 aliphatic heterocycles. The lowest BCUT2D eigenvalue weighted by atomic mass is 9.78. The molecule has 0 spiro atoms. The standard InChI is InChI=1S/C13H27N/c1-6-7-8-9-12(14)10-11(2)13(3,4)5/h6,11-12H,1,7-10,14H2,2-5H3. The Kier molecular flexibility index (Phi) is 6.10. The van der Waals surface area contributed by atoms with Crippen LogP contribution in [0.2, 0.25) is 0 Å². The average molecular weight is 197 g/mol. The minimum atomic E-state index is 0.365. The predicted octanol–water partition coefficient (Wildman–Crippen LogP) is 3.74. The summed E-state index contributed by atoms with van der Waals surface area (Å²) in [4.78, 5) is 0. The Bertz CT molecular complexity index is 155. The Morgan fingerprint density at radius 2 is 1.93 bits per heavy atom. The van der Waals surface area contributed by atoms with Gasteiger partial charge >= 0.3 is 0 Å². The largest absolute Gasteiger partial charge is 0.328 e. The number of rotatable bonds is 6. The molecule has 0 radical (unpaired) electrons. The summed E-state index contributed by atoms with van der Waals surface area (Å²) in [6, 6.07) is 0.365. The van der Waals surface area contributed by atoms with Gasteiger partial charge in [0.05, 0.1) is 0 Å². The Balaban J connectivity index is 3.71. The van der Waals surface area contributed by atoms with Gasteiger partial charge in [-0.25, -0.2) is 0 Å². The summed E-state index contributed by atoms with van der Waals surface area (Å²) in [5.74, 6) is 0.696. The van der Waals surface area contributed by atoms with Crippen LogP contribution in [0.1, 0.15) is 53.4 Å². The van der Waals surface area contributed by atoms with Crippen molar-refractivity contribution in [3.8, 4) is 0 Å². The van der Waals surface area contributed by atoms with Gasteiger partial charge in [0.1, 0.15) is 0 Å². The fourth-order valence-corrected chi connectivity index (χ4v) is 1.45. The summed E-state index contributed by atoms with van der Waals surface area (Å²) in [5.41, 5.74) is 6.46. The summed E-state index contributed by atoms with van der Waals surface area (Å²) in [7, 11) is 0. The van der Waals surface area contributed by atoms with Crippen LogP contribution in [0.25, 0.3) is 0 Å². The third-order valence-corrected chi connectivity index (χ3v) is 3.12. The second-order valence-electron chi connectivity index (χ2n) is 5.48. The number of unbranched alkanes of at least 4 members (excludes halogenated alkanes) is 1. The van der Waals surface area contributed by atoms with Crippen LogP contribution in [0, 0.1) is 11.3 Å². The SMILES string of the molecule is C=CCCCC(N)CC(C)C(C)(C)C. The number of hydrogen-bond donors (Lipinski definition) is 1. The van der Waals surface area contributed by atoms with Gasteiger partial charge in [0.25, 0.3) is 0 Å². The fraction of sp³-hybridized carbons (Fsp3) is 0.846. The van der Waals surface area contributed by atoms with Crippen LogP contribution in [0.5, 0.6) is 0 Å². The highest BCUT2D eigenvalue weighted by Crippen LogP contribution is 2.29. The van der Waals surface area contributed by atoms with E-state index in [1.807, 2.05) is 6.08 Å². The molecule has 0 heterocycles. The molecular formula is C13H27N. The lowest BCUT2D eigenvalue weighted by molar-refractivity contribution is 0.230. The Morgan fingerprint density at radius 1 is 1.36 bits per heavy atom. The van der Waals surface area contributed by atoms with Gasteiger partial charge in [0.15, 0.2) is 0 Å². The zero-order valence-corrected chi connectivity index (χ0v) is 10.3. The Morgan fingerprint density at radius 3 is 2.36 bits per heavy atom. The van der Waals surface area contributed by atoms with E-state index in [0.717, 1.165) is 19.3 Å². The number of allylic oxidation sites excluding steroid dienone is 1. The molecule has 2 N–H and O–H groups in total. The molecule has 2 unspecified atom stereocenters. The molecule has 0 aliphatic carbocycles. The molecule has 1 heteroatoms. The van der Waals surface area contributed by atoms with Crippen LogP contribution in [0.3, 0.4) is 0 Å². The molecule has 0 aromatic carbocycles. The lowest BCUT2D eigenvalue weighted by Gasteiger charge is -2.29. The van der Waals surface area contributed by atoms with E-state index in [1.54, 1.807) is 0 Å². The summed E-state index contributed by atoms with van der Waals surface area (Å²) in [6.45, 7) is 12.9. The normalized spacial score (nSPS) is 16.4. The minimum Gasteiger partial charge on any atom is -0.328 e. The molecule has 0 rings (SSSR count). The maximum Gasteiger partial charge on any atom is 0.00416 e. The van der Waals surface area contributed by atoms with E-state index in [1.165, 1.54) is 6.42 Å². The van der Waals surface area contributed by atoms with Crippen LogP contribution in [-0.4, -0.2) is 6.04 Å². The van der Waals surface area contributed by atoms with E-state index in [9.17, 15) is 0 Å².